The fraction of sp³-hybridized carbons (Fsp3) is 0.950. The predicted octanol–water partition coefficient (Wildman–Crippen LogP) is 4.08. The molecule has 4 heteroatoms. The first-order chi connectivity index (χ1) is 10.7. The van der Waals surface area contributed by atoms with Gasteiger partial charge in [-0.1, -0.05) is 0 Å². The molecule has 2 aliphatic rings. The van der Waals surface area contributed by atoms with E-state index in [4.69, 9.17) is 4.84 Å². The predicted molar refractivity (Wildman–Crippen MR) is 102 cm³/mol. The van der Waals surface area contributed by atoms with Gasteiger partial charge >= 0.3 is 0 Å². The molecule has 143 valence electrons. The van der Waals surface area contributed by atoms with Crippen LogP contribution in [0.2, 0.25) is 0 Å². The second kappa shape index (κ2) is 7.61. The van der Waals surface area contributed by atoms with Gasteiger partial charge in [-0.05, 0) is 94.4 Å². The molecule has 0 amide bonds. The molecule has 0 aromatic heterocycles. The molecular weight excluding hydrogens is 300 g/mol. The molecule has 2 fully saturated rings. The van der Waals surface area contributed by atoms with E-state index in [1.165, 1.54) is 12.8 Å². The molecule has 0 aromatic carbocycles. The summed E-state index contributed by atoms with van der Waals surface area (Å²) in [4.78, 5) is 5.68. The van der Waals surface area contributed by atoms with Crippen molar-refractivity contribution in [1.29, 1.82) is 0 Å². The summed E-state index contributed by atoms with van der Waals surface area (Å²) in [6.07, 6.45) is 6.10. The van der Waals surface area contributed by atoms with Gasteiger partial charge in [0.25, 0.3) is 0 Å². The maximum atomic E-state index is 9.78. The smallest absolute Gasteiger partial charge is 0.0657 e. The van der Waals surface area contributed by atoms with Crippen molar-refractivity contribution in [2.24, 2.45) is 0 Å². The molecule has 0 atom stereocenters. The Labute approximate surface area is 150 Å². The van der Waals surface area contributed by atoms with Gasteiger partial charge in [0.2, 0.25) is 0 Å². The molecule has 2 saturated heterocycles. The maximum absolute atomic E-state index is 9.78. The van der Waals surface area contributed by atoms with Crippen LogP contribution in [0.25, 0.3) is 0 Å². The number of piperidine rings is 2. The fourth-order valence-electron chi connectivity index (χ4n) is 4.50. The SMILES string of the molecule is CC1(C)C[CH]CC(C)(C)N1.CCON1C(C)(C)CC(O)CC1(C)C. The summed E-state index contributed by atoms with van der Waals surface area (Å²) in [5.41, 5.74) is 0.442. The van der Waals surface area contributed by atoms with E-state index >= 15 is 0 Å². The van der Waals surface area contributed by atoms with E-state index in [1.807, 2.05) is 12.0 Å². The maximum Gasteiger partial charge on any atom is 0.0657 e. The molecular formula is C20H41N2O2. The van der Waals surface area contributed by atoms with Crippen molar-refractivity contribution in [3.05, 3.63) is 6.42 Å². The highest BCUT2D eigenvalue weighted by Gasteiger charge is 2.45. The molecule has 1 radical (unpaired) electrons. The van der Waals surface area contributed by atoms with Crippen LogP contribution in [-0.4, -0.2) is 45.0 Å². The number of aliphatic hydroxyl groups excluding tert-OH is 1. The van der Waals surface area contributed by atoms with E-state index in [1.54, 1.807) is 0 Å². The Morgan fingerprint density at radius 3 is 1.67 bits per heavy atom. The van der Waals surface area contributed by atoms with Crippen molar-refractivity contribution >= 4 is 0 Å². The number of nitrogens with zero attached hydrogens (tertiary/aromatic N) is 1. The van der Waals surface area contributed by atoms with Crippen molar-refractivity contribution in [3.8, 4) is 0 Å². The second-order valence-corrected chi connectivity index (χ2v) is 9.99. The number of hydroxylamine groups is 2. The Balaban J connectivity index is 0.000000254. The van der Waals surface area contributed by atoms with Crippen LogP contribution < -0.4 is 5.32 Å². The Hall–Kier alpha value is -0.160. The van der Waals surface area contributed by atoms with Gasteiger partial charge in [0.15, 0.2) is 0 Å². The normalized spacial score (nSPS) is 28.8. The standard InChI is InChI=1S/C11H23NO2.C9H18N/c1-6-14-12-10(2,3)7-9(13)8-11(12,4)5;1-8(2)6-5-7-9(3,4)10-8/h9,13H,6-8H2,1-5H3;5,10H,6-7H2,1-4H3. The lowest BCUT2D eigenvalue weighted by Crippen LogP contribution is -2.61. The molecule has 4 nitrogen and oxygen atoms in total. The van der Waals surface area contributed by atoms with Gasteiger partial charge in [-0.25, -0.2) is 0 Å². The lowest BCUT2D eigenvalue weighted by atomic mass is 9.80. The van der Waals surface area contributed by atoms with Crippen molar-refractivity contribution < 1.29 is 9.94 Å². The second-order valence-electron chi connectivity index (χ2n) is 9.99. The molecule has 0 unspecified atom stereocenters. The Bertz CT molecular complexity index is 370. The van der Waals surface area contributed by atoms with Crippen molar-refractivity contribution in [2.45, 2.75) is 116 Å². The van der Waals surface area contributed by atoms with E-state index in [2.05, 4.69) is 67.1 Å². The van der Waals surface area contributed by atoms with Crippen molar-refractivity contribution in [2.75, 3.05) is 6.61 Å². The highest BCUT2D eigenvalue weighted by Crippen LogP contribution is 2.38. The highest BCUT2D eigenvalue weighted by atomic mass is 16.7. The zero-order chi connectivity index (χ0) is 18.8. The summed E-state index contributed by atoms with van der Waals surface area (Å²) in [7, 11) is 0. The van der Waals surface area contributed by atoms with Gasteiger partial charge < -0.3 is 10.4 Å². The third kappa shape index (κ3) is 6.29. The van der Waals surface area contributed by atoms with Crippen LogP contribution in [0, 0.1) is 6.42 Å². The quantitative estimate of drug-likeness (QED) is 0.794. The van der Waals surface area contributed by atoms with Gasteiger partial charge in [-0.3, -0.25) is 4.84 Å². The first kappa shape index (κ1) is 21.9. The number of hydrogen-bond donors (Lipinski definition) is 2. The van der Waals surface area contributed by atoms with Crippen molar-refractivity contribution in [1.82, 2.24) is 10.4 Å². The molecule has 0 saturated carbocycles. The van der Waals surface area contributed by atoms with Gasteiger partial charge in [0, 0.05) is 22.2 Å². The summed E-state index contributed by atoms with van der Waals surface area (Å²) in [6.45, 7) is 20.2. The molecule has 24 heavy (non-hydrogen) atoms. The van der Waals surface area contributed by atoms with Gasteiger partial charge in [0.05, 0.1) is 12.7 Å². The molecule has 2 rings (SSSR count). The highest BCUT2D eigenvalue weighted by molar-refractivity contribution is 5.00. The number of aliphatic hydroxyl groups is 1. The monoisotopic (exact) mass is 341 g/mol. The molecule has 0 bridgehead atoms. The van der Waals surface area contributed by atoms with Gasteiger partial charge in [0.1, 0.15) is 0 Å². The summed E-state index contributed by atoms with van der Waals surface area (Å²) in [5, 5.41) is 15.4. The van der Waals surface area contributed by atoms with Crippen LogP contribution in [0.3, 0.4) is 0 Å². The minimum Gasteiger partial charge on any atom is -0.393 e. The largest absolute Gasteiger partial charge is 0.393 e. The van der Waals surface area contributed by atoms with Crippen LogP contribution in [0.15, 0.2) is 0 Å². The van der Waals surface area contributed by atoms with E-state index in [0.717, 1.165) is 12.8 Å². The summed E-state index contributed by atoms with van der Waals surface area (Å²) >= 11 is 0. The number of rotatable bonds is 2. The fourth-order valence-corrected chi connectivity index (χ4v) is 4.50. The molecule has 0 spiro atoms. The minimum atomic E-state index is -0.211. The van der Waals surface area contributed by atoms with Crippen LogP contribution in [0.1, 0.15) is 88.0 Å². The van der Waals surface area contributed by atoms with Crippen LogP contribution in [0.5, 0.6) is 0 Å². The van der Waals surface area contributed by atoms with E-state index in [-0.39, 0.29) is 17.2 Å². The third-order valence-corrected chi connectivity index (χ3v) is 4.81. The van der Waals surface area contributed by atoms with E-state index in [9.17, 15) is 5.11 Å². The zero-order valence-corrected chi connectivity index (χ0v) is 17.5. The first-order valence-corrected chi connectivity index (χ1v) is 9.43. The number of hydrogen-bond acceptors (Lipinski definition) is 4. The molecule has 0 aliphatic carbocycles. The Morgan fingerprint density at radius 2 is 1.38 bits per heavy atom. The summed E-state index contributed by atoms with van der Waals surface area (Å²) in [5.74, 6) is 0. The third-order valence-electron chi connectivity index (χ3n) is 4.81. The van der Waals surface area contributed by atoms with E-state index in [0.29, 0.717) is 17.7 Å². The Morgan fingerprint density at radius 1 is 0.958 bits per heavy atom. The van der Waals surface area contributed by atoms with Gasteiger partial charge in [-0.2, -0.15) is 5.06 Å². The average Bonchev–Trinajstić information content (AvgIpc) is 2.30. The molecule has 2 aliphatic heterocycles. The van der Waals surface area contributed by atoms with E-state index < -0.39 is 0 Å². The molecule has 2 heterocycles. The van der Waals surface area contributed by atoms with Crippen LogP contribution in [0.4, 0.5) is 0 Å². The Kier molecular flexibility index (Phi) is 6.94. The van der Waals surface area contributed by atoms with Gasteiger partial charge in [-0.15, -0.1) is 0 Å². The van der Waals surface area contributed by atoms with Crippen molar-refractivity contribution in [3.63, 3.8) is 0 Å². The lowest BCUT2D eigenvalue weighted by molar-refractivity contribution is -0.289. The molecule has 0 aromatic rings. The summed E-state index contributed by atoms with van der Waals surface area (Å²) in [6, 6.07) is 0. The van der Waals surface area contributed by atoms with Crippen LogP contribution >= 0.6 is 0 Å². The topological polar surface area (TPSA) is 44.7 Å². The first-order valence-electron chi connectivity index (χ1n) is 9.43. The molecule has 2 N–H and O–H groups in total. The minimum absolute atomic E-state index is 0.0861. The zero-order valence-electron chi connectivity index (χ0n) is 17.5. The van der Waals surface area contributed by atoms with Crippen LogP contribution in [-0.2, 0) is 4.84 Å². The number of nitrogens with one attached hydrogen (secondary N) is 1. The lowest BCUT2D eigenvalue weighted by Gasteiger charge is -2.52. The average molecular weight is 342 g/mol. The summed E-state index contributed by atoms with van der Waals surface area (Å²) < 4.78 is 0.